The lowest BCUT2D eigenvalue weighted by Crippen LogP contribution is -2.22. The molecule has 100 valence electrons. The van der Waals surface area contributed by atoms with Gasteiger partial charge < -0.3 is 9.72 Å². The summed E-state index contributed by atoms with van der Waals surface area (Å²) >= 11 is 5.72. The summed E-state index contributed by atoms with van der Waals surface area (Å²) in [6.07, 6.45) is 0.481. The fraction of sp³-hybridized carbons (Fsp3) is 0.250. The van der Waals surface area contributed by atoms with Crippen LogP contribution in [0.1, 0.15) is 23.7 Å². The van der Waals surface area contributed by atoms with Crippen LogP contribution in [-0.2, 0) is 4.74 Å². The molecule has 2 aromatic rings. The highest BCUT2D eigenvalue weighted by atomic mass is 35.5. The van der Waals surface area contributed by atoms with Gasteiger partial charge in [-0.3, -0.25) is 9.78 Å². The van der Waals surface area contributed by atoms with Crippen molar-refractivity contribution in [1.29, 1.82) is 0 Å². The molecule has 7 heteroatoms. The van der Waals surface area contributed by atoms with Gasteiger partial charge in [0.05, 0.1) is 16.5 Å². The molecule has 2 rings (SSSR count). The number of hydrogen-bond donors (Lipinski definition) is 2. The van der Waals surface area contributed by atoms with E-state index in [2.05, 4.69) is 9.97 Å². The molecule has 6 nitrogen and oxygen atoms in total. The van der Waals surface area contributed by atoms with Crippen molar-refractivity contribution >= 4 is 28.5 Å². The molecule has 0 fully saturated rings. The first-order chi connectivity index (χ1) is 9.01. The van der Waals surface area contributed by atoms with Gasteiger partial charge in [0, 0.05) is 0 Å². The number of nitrogens with one attached hydrogen (secondary N) is 2. The molecular formula is C12H11ClN2O4. The van der Waals surface area contributed by atoms with Gasteiger partial charge in [0.1, 0.15) is 0 Å². The van der Waals surface area contributed by atoms with Gasteiger partial charge in [-0.05, 0) is 24.6 Å². The topological polar surface area (TPSA) is 92.0 Å². The molecule has 0 saturated carbocycles. The van der Waals surface area contributed by atoms with Crippen LogP contribution in [-0.4, -0.2) is 21.5 Å². The fourth-order valence-corrected chi connectivity index (χ4v) is 1.64. The van der Waals surface area contributed by atoms with Crippen LogP contribution in [0, 0.1) is 0 Å². The van der Waals surface area contributed by atoms with E-state index in [9.17, 15) is 14.4 Å². The van der Waals surface area contributed by atoms with E-state index in [-0.39, 0.29) is 10.9 Å². The van der Waals surface area contributed by atoms with Gasteiger partial charge in [-0.2, -0.15) is 0 Å². The van der Waals surface area contributed by atoms with E-state index in [1.54, 1.807) is 6.92 Å². The van der Waals surface area contributed by atoms with Crippen molar-refractivity contribution in [2.24, 2.45) is 0 Å². The van der Waals surface area contributed by atoms with E-state index in [1.807, 2.05) is 0 Å². The van der Waals surface area contributed by atoms with Crippen LogP contribution in [0.4, 0.5) is 0 Å². The van der Waals surface area contributed by atoms with Crippen LogP contribution >= 0.6 is 11.6 Å². The molecule has 2 N–H and O–H groups in total. The van der Waals surface area contributed by atoms with Crippen LogP contribution in [0.2, 0.25) is 0 Å². The van der Waals surface area contributed by atoms with Crippen molar-refractivity contribution in [2.45, 2.75) is 18.9 Å². The maximum absolute atomic E-state index is 11.7. The third kappa shape index (κ3) is 2.85. The number of carbonyl (C=O) groups excluding carboxylic acids is 1. The number of aromatic amines is 2. The summed E-state index contributed by atoms with van der Waals surface area (Å²) in [6, 6.07) is 4.28. The van der Waals surface area contributed by atoms with Gasteiger partial charge in [0.25, 0.3) is 5.56 Å². The normalized spacial score (nSPS) is 12.3. The number of aromatic nitrogens is 2. The van der Waals surface area contributed by atoms with Crippen LogP contribution in [0.15, 0.2) is 27.8 Å². The summed E-state index contributed by atoms with van der Waals surface area (Å²) in [5.41, 5.74) is -1.32. The molecule has 0 amide bonds. The van der Waals surface area contributed by atoms with E-state index >= 15 is 0 Å². The Morgan fingerprint density at radius 2 is 2.11 bits per heavy atom. The number of rotatable bonds is 3. The molecule has 1 aromatic heterocycles. The second kappa shape index (κ2) is 5.27. The first-order valence-electron chi connectivity index (χ1n) is 5.62. The lowest BCUT2D eigenvalue weighted by molar-refractivity contribution is 0.0443. The summed E-state index contributed by atoms with van der Waals surface area (Å²) in [5, 5.41) is 0.205. The van der Waals surface area contributed by atoms with Crippen molar-refractivity contribution in [3.8, 4) is 0 Å². The standard InChI is InChI=1S/C12H11ClN2O4/c1-2-9(13)19-11(17)6-3-4-8-7(5-6)10(16)15-12(18)14-8/h3-5,9H,2H2,1H3,(H2,14,15,16,18). The highest BCUT2D eigenvalue weighted by Gasteiger charge is 2.13. The number of carbonyl (C=O) groups is 1. The third-order valence-corrected chi connectivity index (χ3v) is 2.93. The minimum absolute atomic E-state index is 0.198. The number of alkyl halides is 1. The number of halogens is 1. The molecule has 0 spiro atoms. The maximum atomic E-state index is 11.7. The molecule has 1 heterocycles. The minimum Gasteiger partial charge on any atom is -0.442 e. The smallest absolute Gasteiger partial charge is 0.339 e. The van der Waals surface area contributed by atoms with Crippen LogP contribution in [0.25, 0.3) is 10.9 Å². The van der Waals surface area contributed by atoms with Gasteiger partial charge in [0.15, 0.2) is 5.56 Å². The van der Waals surface area contributed by atoms with Crippen LogP contribution in [0.3, 0.4) is 0 Å². The van der Waals surface area contributed by atoms with Gasteiger partial charge in [-0.1, -0.05) is 18.5 Å². The second-order valence-corrected chi connectivity index (χ2v) is 4.38. The number of fused-ring (bicyclic) bond motifs is 1. The van der Waals surface area contributed by atoms with Crippen molar-refractivity contribution < 1.29 is 9.53 Å². The summed E-state index contributed by atoms with van der Waals surface area (Å²) in [6.45, 7) is 1.78. The first-order valence-corrected chi connectivity index (χ1v) is 6.06. The lowest BCUT2D eigenvalue weighted by Gasteiger charge is -2.08. The zero-order chi connectivity index (χ0) is 14.0. The predicted molar refractivity (Wildman–Crippen MR) is 70.5 cm³/mol. The molecule has 0 aliphatic carbocycles. The molecule has 1 atom stereocenters. The summed E-state index contributed by atoms with van der Waals surface area (Å²) in [4.78, 5) is 39.0. The quantitative estimate of drug-likeness (QED) is 0.656. The second-order valence-electron chi connectivity index (χ2n) is 3.89. The predicted octanol–water partition coefficient (Wildman–Crippen LogP) is 1.35. The van der Waals surface area contributed by atoms with Crippen molar-refractivity contribution in [3.63, 3.8) is 0 Å². The summed E-state index contributed by atoms with van der Waals surface area (Å²) in [5.74, 6) is -0.616. The first kappa shape index (κ1) is 13.4. The Bertz CT molecular complexity index is 734. The number of benzene rings is 1. The van der Waals surface area contributed by atoms with Gasteiger partial charge >= 0.3 is 11.7 Å². The molecule has 0 saturated heterocycles. The van der Waals surface area contributed by atoms with E-state index in [0.29, 0.717) is 11.9 Å². The Balaban J connectivity index is 2.45. The van der Waals surface area contributed by atoms with Gasteiger partial charge in [0.2, 0.25) is 0 Å². The number of esters is 1. The largest absolute Gasteiger partial charge is 0.442 e. The Kier molecular flexibility index (Phi) is 3.71. The minimum atomic E-state index is -0.711. The Morgan fingerprint density at radius 1 is 1.37 bits per heavy atom. The van der Waals surface area contributed by atoms with E-state index < -0.39 is 22.8 Å². The van der Waals surface area contributed by atoms with Crippen molar-refractivity contribution in [3.05, 3.63) is 44.6 Å². The van der Waals surface area contributed by atoms with E-state index in [4.69, 9.17) is 16.3 Å². The molecule has 0 aliphatic rings. The third-order valence-electron chi connectivity index (χ3n) is 2.53. The van der Waals surface area contributed by atoms with Crippen molar-refractivity contribution in [1.82, 2.24) is 9.97 Å². The average Bonchev–Trinajstić information content (AvgIpc) is 2.37. The molecular weight excluding hydrogens is 272 g/mol. The number of H-pyrrole nitrogens is 2. The number of ether oxygens (including phenoxy) is 1. The highest BCUT2D eigenvalue weighted by molar-refractivity contribution is 6.20. The van der Waals surface area contributed by atoms with Crippen LogP contribution in [0.5, 0.6) is 0 Å². The highest BCUT2D eigenvalue weighted by Crippen LogP contribution is 2.12. The van der Waals surface area contributed by atoms with Crippen LogP contribution < -0.4 is 11.2 Å². The lowest BCUT2D eigenvalue weighted by atomic mass is 10.1. The maximum Gasteiger partial charge on any atom is 0.339 e. The SMILES string of the molecule is CCC(Cl)OC(=O)c1ccc2[nH]c(=O)[nH]c(=O)c2c1. The number of hydrogen-bond acceptors (Lipinski definition) is 4. The van der Waals surface area contributed by atoms with Gasteiger partial charge in [-0.15, -0.1) is 0 Å². The zero-order valence-electron chi connectivity index (χ0n) is 10.0. The molecule has 1 aromatic carbocycles. The Morgan fingerprint density at radius 3 is 2.79 bits per heavy atom. The average molecular weight is 283 g/mol. The summed E-state index contributed by atoms with van der Waals surface area (Å²) in [7, 11) is 0. The fourth-order valence-electron chi connectivity index (χ4n) is 1.56. The molecule has 0 radical (unpaired) electrons. The Hall–Kier alpha value is -2.08. The molecule has 19 heavy (non-hydrogen) atoms. The Labute approximate surface area is 112 Å². The van der Waals surface area contributed by atoms with E-state index in [0.717, 1.165) is 0 Å². The van der Waals surface area contributed by atoms with Gasteiger partial charge in [-0.25, -0.2) is 9.59 Å². The summed E-state index contributed by atoms with van der Waals surface area (Å²) < 4.78 is 4.94. The zero-order valence-corrected chi connectivity index (χ0v) is 10.8. The monoisotopic (exact) mass is 282 g/mol. The van der Waals surface area contributed by atoms with E-state index in [1.165, 1.54) is 18.2 Å². The van der Waals surface area contributed by atoms with Crippen molar-refractivity contribution in [2.75, 3.05) is 0 Å². The molecule has 0 aliphatic heterocycles. The molecule has 1 unspecified atom stereocenters. The molecule has 0 bridgehead atoms.